The molecule has 2 aliphatic rings. The molecule has 0 fully saturated rings. The maximum atomic E-state index is 5.45. The topological polar surface area (TPSA) is 12.9 Å². The van der Waals surface area contributed by atoms with E-state index < -0.39 is 0 Å². The van der Waals surface area contributed by atoms with Gasteiger partial charge in [0.25, 0.3) is 0 Å². The number of nitrogens with zero attached hydrogens (tertiary/aromatic N) is 1. The molecule has 0 saturated carbocycles. The van der Waals surface area contributed by atoms with E-state index >= 15 is 0 Å². The van der Waals surface area contributed by atoms with E-state index in [2.05, 4.69) is 133 Å². The van der Waals surface area contributed by atoms with Gasteiger partial charge in [-0.2, -0.15) is 0 Å². The summed E-state index contributed by atoms with van der Waals surface area (Å²) >= 11 is 0. The van der Waals surface area contributed by atoms with Gasteiger partial charge in [0.05, 0.1) is 11.2 Å². The SMILES string of the molecule is CC(C)(C)c1cccc2nc(-c3cccc4c3C(C)(C)C3=C4C(C)(C)c4ccccc43)c3ccccc3c12. The monoisotopic (exact) mass is 493 g/mol. The van der Waals surface area contributed by atoms with Gasteiger partial charge in [-0.3, -0.25) is 0 Å². The van der Waals surface area contributed by atoms with Crippen LogP contribution in [0, 0.1) is 0 Å². The molecule has 7 rings (SSSR count). The van der Waals surface area contributed by atoms with E-state index in [1.165, 1.54) is 60.7 Å². The van der Waals surface area contributed by atoms with Gasteiger partial charge >= 0.3 is 0 Å². The maximum absolute atomic E-state index is 5.45. The lowest BCUT2D eigenvalue weighted by Gasteiger charge is -2.30. The second-order valence-electron chi connectivity index (χ2n) is 13.2. The predicted octanol–water partition coefficient (Wildman–Crippen LogP) is 9.85. The van der Waals surface area contributed by atoms with Gasteiger partial charge < -0.3 is 0 Å². The molecule has 0 saturated heterocycles. The molecule has 188 valence electrons. The lowest BCUT2D eigenvalue weighted by atomic mass is 9.73. The summed E-state index contributed by atoms with van der Waals surface area (Å²) in [7, 11) is 0. The Morgan fingerprint density at radius 3 is 1.95 bits per heavy atom. The van der Waals surface area contributed by atoms with Crippen molar-refractivity contribution in [3.63, 3.8) is 0 Å². The van der Waals surface area contributed by atoms with E-state index in [1.807, 2.05) is 0 Å². The molecule has 0 amide bonds. The third-order valence-corrected chi connectivity index (χ3v) is 9.12. The third-order valence-electron chi connectivity index (χ3n) is 9.12. The zero-order valence-corrected chi connectivity index (χ0v) is 23.5. The Kier molecular flexibility index (Phi) is 4.59. The van der Waals surface area contributed by atoms with Crippen molar-refractivity contribution in [2.75, 3.05) is 0 Å². The van der Waals surface area contributed by atoms with Gasteiger partial charge in [0.15, 0.2) is 0 Å². The Bertz CT molecular complexity index is 1840. The van der Waals surface area contributed by atoms with Crippen molar-refractivity contribution in [2.24, 2.45) is 0 Å². The summed E-state index contributed by atoms with van der Waals surface area (Å²) in [6, 6.07) is 31.4. The minimum Gasteiger partial charge on any atom is -0.247 e. The highest BCUT2D eigenvalue weighted by Gasteiger charge is 2.50. The van der Waals surface area contributed by atoms with Crippen molar-refractivity contribution >= 4 is 32.8 Å². The molecule has 0 atom stereocenters. The summed E-state index contributed by atoms with van der Waals surface area (Å²) in [4.78, 5) is 5.45. The average Bonchev–Trinajstić information content (AvgIpc) is 3.29. The molecule has 2 aliphatic carbocycles. The third kappa shape index (κ3) is 2.91. The summed E-state index contributed by atoms with van der Waals surface area (Å²) in [5, 5.41) is 3.80. The molecule has 1 heterocycles. The second kappa shape index (κ2) is 7.44. The molecule has 0 spiro atoms. The molecule has 1 nitrogen and oxygen atoms in total. The van der Waals surface area contributed by atoms with Crippen molar-refractivity contribution in [3.8, 4) is 11.3 Å². The Morgan fingerprint density at radius 1 is 0.579 bits per heavy atom. The van der Waals surface area contributed by atoms with Crippen LogP contribution in [-0.4, -0.2) is 4.98 Å². The van der Waals surface area contributed by atoms with Crippen LogP contribution in [-0.2, 0) is 16.2 Å². The lowest BCUT2D eigenvalue weighted by molar-refractivity contribution is 0.596. The molecule has 0 unspecified atom stereocenters. The van der Waals surface area contributed by atoms with Crippen molar-refractivity contribution in [3.05, 3.63) is 113 Å². The van der Waals surface area contributed by atoms with E-state index in [1.54, 1.807) is 0 Å². The van der Waals surface area contributed by atoms with Crippen molar-refractivity contribution in [1.29, 1.82) is 0 Å². The highest BCUT2D eigenvalue weighted by atomic mass is 14.7. The minimum atomic E-state index is -0.129. The first kappa shape index (κ1) is 23.4. The second-order valence-corrected chi connectivity index (χ2v) is 13.2. The molecule has 1 aromatic heterocycles. The van der Waals surface area contributed by atoms with Gasteiger partial charge in [-0.05, 0) is 55.8 Å². The number of rotatable bonds is 1. The number of hydrogen-bond donors (Lipinski definition) is 0. The fraction of sp³-hybridized carbons (Fsp3) is 0.270. The maximum Gasteiger partial charge on any atom is 0.0791 e. The van der Waals surface area contributed by atoms with E-state index in [0.29, 0.717) is 0 Å². The number of pyridine rings is 1. The van der Waals surface area contributed by atoms with Gasteiger partial charge in [-0.25, -0.2) is 4.98 Å². The summed E-state index contributed by atoms with van der Waals surface area (Å²) < 4.78 is 0. The van der Waals surface area contributed by atoms with Gasteiger partial charge in [-0.1, -0.05) is 127 Å². The number of allylic oxidation sites excluding steroid dienone is 2. The van der Waals surface area contributed by atoms with Crippen LogP contribution in [0.4, 0.5) is 0 Å². The van der Waals surface area contributed by atoms with Crippen molar-refractivity contribution in [1.82, 2.24) is 4.98 Å². The zero-order chi connectivity index (χ0) is 26.6. The number of benzene rings is 4. The quantitative estimate of drug-likeness (QED) is 0.212. The Morgan fingerprint density at radius 2 is 1.18 bits per heavy atom. The lowest BCUT2D eigenvalue weighted by Crippen LogP contribution is -2.20. The summed E-state index contributed by atoms with van der Waals surface area (Å²) in [5.41, 5.74) is 13.3. The van der Waals surface area contributed by atoms with Crippen LogP contribution in [0.1, 0.15) is 76.3 Å². The van der Waals surface area contributed by atoms with Gasteiger partial charge in [0.2, 0.25) is 0 Å². The Hall–Kier alpha value is -3.71. The van der Waals surface area contributed by atoms with Crippen LogP contribution in [0.2, 0.25) is 0 Å². The molecule has 1 heteroatoms. The first-order valence-corrected chi connectivity index (χ1v) is 13.8. The smallest absolute Gasteiger partial charge is 0.0791 e. The molecular weight excluding hydrogens is 458 g/mol. The standard InChI is InChI=1S/C37H35N/c1-35(2,3)28-20-13-21-29-30(28)22-14-8-9-15-23(22)34(38-29)26-18-12-17-25-31(26)37(6,7)32-24-16-10-11-19-27(24)36(4,5)33(25)32/h8-21H,1-7H3. The minimum absolute atomic E-state index is 0.0329. The van der Waals surface area contributed by atoms with Crippen molar-refractivity contribution < 1.29 is 0 Å². The Labute approximate surface area is 226 Å². The Balaban J connectivity index is 1.56. The summed E-state index contributed by atoms with van der Waals surface area (Å²) in [5.74, 6) is 0. The van der Waals surface area contributed by atoms with Crippen LogP contribution >= 0.6 is 0 Å². The fourth-order valence-corrected chi connectivity index (χ4v) is 7.54. The molecule has 0 N–H and O–H groups in total. The van der Waals surface area contributed by atoms with Crippen LogP contribution in [0.3, 0.4) is 0 Å². The van der Waals surface area contributed by atoms with E-state index in [-0.39, 0.29) is 16.2 Å². The van der Waals surface area contributed by atoms with E-state index in [9.17, 15) is 0 Å². The van der Waals surface area contributed by atoms with Crippen LogP contribution < -0.4 is 0 Å². The summed E-state index contributed by atoms with van der Waals surface area (Å²) in [6.45, 7) is 16.5. The zero-order valence-electron chi connectivity index (χ0n) is 23.5. The molecule has 5 aromatic rings. The number of fused-ring (bicyclic) bond motifs is 7. The van der Waals surface area contributed by atoms with E-state index in [0.717, 1.165) is 11.2 Å². The first-order valence-electron chi connectivity index (χ1n) is 13.8. The number of hydrogen-bond acceptors (Lipinski definition) is 1. The predicted molar refractivity (Wildman–Crippen MR) is 163 cm³/mol. The fourth-order valence-electron chi connectivity index (χ4n) is 7.54. The molecule has 0 radical (unpaired) electrons. The van der Waals surface area contributed by atoms with Gasteiger partial charge in [-0.15, -0.1) is 0 Å². The highest BCUT2D eigenvalue weighted by molar-refractivity contribution is 6.15. The number of aromatic nitrogens is 1. The summed E-state index contributed by atoms with van der Waals surface area (Å²) in [6.07, 6.45) is 0. The molecule has 4 aromatic carbocycles. The van der Waals surface area contributed by atoms with Gasteiger partial charge in [0, 0.05) is 27.2 Å². The van der Waals surface area contributed by atoms with Crippen LogP contribution in [0.15, 0.2) is 84.9 Å². The first-order chi connectivity index (χ1) is 18.0. The molecule has 0 aliphatic heterocycles. The van der Waals surface area contributed by atoms with Crippen molar-refractivity contribution in [2.45, 2.75) is 64.7 Å². The molecular formula is C37H35N. The normalized spacial score (nSPS) is 17.1. The van der Waals surface area contributed by atoms with E-state index in [4.69, 9.17) is 4.98 Å². The van der Waals surface area contributed by atoms with Crippen LogP contribution in [0.25, 0.3) is 44.1 Å². The largest absolute Gasteiger partial charge is 0.247 e. The average molecular weight is 494 g/mol. The van der Waals surface area contributed by atoms with Gasteiger partial charge in [0.1, 0.15) is 0 Å². The van der Waals surface area contributed by atoms with Crippen LogP contribution in [0.5, 0.6) is 0 Å². The molecule has 0 bridgehead atoms. The molecule has 38 heavy (non-hydrogen) atoms. The highest BCUT2D eigenvalue weighted by Crippen LogP contribution is 2.63.